The Morgan fingerprint density at radius 2 is 1.95 bits per heavy atom. The minimum atomic E-state index is -2.65. The van der Waals surface area contributed by atoms with Crippen LogP contribution in [0.5, 0.6) is 0 Å². The number of carbonyl (C=O) groups is 1. The summed E-state index contributed by atoms with van der Waals surface area (Å²) < 4.78 is 39.6. The van der Waals surface area contributed by atoms with Gasteiger partial charge in [0.15, 0.2) is 0 Å². The highest BCUT2D eigenvalue weighted by molar-refractivity contribution is 14.1. The van der Waals surface area contributed by atoms with Crippen LogP contribution >= 0.6 is 22.6 Å². The predicted octanol–water partition coefficient (Wildman–Crippen LogP) is 4.19. The molecule has 19 heavy (non-hydrogen) atoms. The molecule has 1 aromatic rings. The van der Waals surface area contributed by atoms with Crippen molar-refractivity contribution in [1.82, 2.24) is 0 Å². The monoisotopic (exact) mass is 383 g/mol. The molecule has 0 aliphatic heterocycles. The zero-order chi connectivity index (χ0) is 14.0. The summed E-state index contributed by atoms with van der Waals surface area (Å²) in [5.74, 6) is -3.78. The molecular weight excluding hydrogens is 370 g/mol. The Morgan fingerprint density at radius 3 is 2.58 bits per heavy atom. The van der Waals surface area contributed by atoms with E-state index in [9.17, 15) is 18.0 Å². The van der Waals surface area contributed by atoms with Crippen molar-refractivity contribution in [2.75, 3.05) is 5.32 Å². The van der Waals surface area contributed by atoms with Crippen LogP contribution in [0.3, 0.4) is 0 Å². The molecule has 1 aromatic carbocycles. The second-order valence-electron chi connectivity index (χ2n) is 4.72. The maximum Gasteiger partial charge on any atom is 0.248 e. The van der Waals surface area contributed by atoms with Crippen molar-refractivity contribution in [3.8, 4) is 0 Å². The van der Waals surface area contributed by atoms with Crippen LogP contribution in [0.4, 0.5) is 18.9 Å². The van der Waals surface area contributed by atoms with E-state index >= 15 is 0 Å². The van der Waals surface area contributed by atoms with Crippen molar-refractivity contribution in [2.45, 2.75) is 31.6 Å². The van der Waals surface area contributed by atoms with Crippen LogP contribution in [0.1, 0.15) is 25.7 Å². The summed E-state index contributed by atoms with van der Waals surface area (Å²) >= 11 is 1.80. The van der Waals surface area contributed by atoms with E-state index in [-0.39, 0.29) is 31.6 Å². The van der Waals surface area contributed by atoms with E-state index < -0.39 is 17.7 Å². The first-order valence-corrected chi connectivity index (χ1v) is 7.10. The standard InChI is InChI=1S/C13H13F3INO/c14-9-2-1-3-10(11(9)17)18-12(19)8-4-6-13(15,16)7-5-8/h1-3,8H,4-7H2,(H,18,19). The van der Waals surface area contributed by atoms with E-state index in [1.54, 1.807) is 28.7 Å². The summed E-state index contributed by atoms with van der Waals surface area (Å²) in [6.07, 6.45) is -0.174. The zero-order valence-corrected chi connectivity index (χ0v) is 12.2. The van der Waals surface area contributed by atoms with E-state index in [1.807, 2.05) is 0 Å². The lowest BCUT2D eigenvalue weighted by molar-refractivity contribution is -0.124. The molecule has 0 radical (unpaired) electrons. The van der Waals surface area contributed by atoms with Gasteiger partial charge >= 0.3 is 0 Å². The van der Waals surface area contributed by atoms with E-state index in [2.05, 4.69) is 5.32 Å². The van der Waals surface area contributed by atoms with Gasteiger partial charge in [0.25, 0.3) is 0 Å². The summed E-state index contributed by atoms with van der Waals surface area (Å²) in [6.45, 7) is 0. The van der Waals surface area contributed by atoms with Crippen LogP contribution in [0.25, 0.3) is 0 Å². The fourth-order valence-corrected chi connectivity index (χ4v) is 2.63. The number of nitrogens with one attached hydrogen (secondary N) is 1. The summed E-state index contributed by atoms with van der Waals surface area (Å²) in [6, 6.07) is 4.40. The van der Waals surface area contributed by atoms with Crippen LogP contribution in [0.15, 0.2) is 18.2 Å². The molecule has 2 rings (SSSR count). The first-order chi connectivity index (χ1) is 8.89. The number of alkyl halides is 2. The maximum absolute atomic E-state index is 13.3. The molecule has 1 N–H and O–H groups in total. The molecule has 0 aromatic heterocycles. The Morgan fingerprint density at radius 1 is 1.32 bits per heavy atom. The highest BCUT2D eigenvalue weighted by atomic mass is 127. The van der Waals surface area contributed by atoms with E-state index in [1.165, 1.54) is 12.1 Å². The Kier molecular flexibility index (Phi) is 4.37. The van der Waals surface area contributed by atoms with Crippen molar-refractivity contribution in [2.24, 2.45) is 5.92 Å². The number of benzene rings is 1. The van der Waals surface area contributed by atoms with Gasteiger partial charge in [-0.3, -0.25) is 4.79 Å². The molecule has 0 heterocycles. The Labute approximate surface area is 122 Å². The van der Waals surface area contributed by atoms with E-state index in [0.717, 1.165) is 0 Å². The van der Waals surface area contributed by atoms with Crippen LogP contribution < -0.4 is 5.32 Å². The summed E-state index contributed by atoms with van der Waals surface area (Å²) in [5.41, 5.74) is 0.392. The van der Waals surface area contributed by atoms with Crippen molar-refractivity contribution in [3.05, 3.63) is 27.6 Å². The average molecular weight is 383 g/mol. The molecule has 0 bridgehead atoms. The van der Waals surface area contributed by atoms with Crippen molar-refractivity contribution < 1.29 is 18.0 Å². The van der Waals surface area contributed by atoms with Gasteiger partial charge < -0.3 is 5.32 Å². The van der Waals surface area contributed by atoms with Gasteiger partial charge in [0, 0.05) is 18.8 Å². The molecule has 1 aliphatic rings. The van der Waals surface area contributed by atoms with E-state index in [4.69, 9.17) is 0 Å². The fourth-order valence-electron chi connectivity index (χ4n) is 2.14. The van der Waals surface area contributed by atoms with Crippen molar-refractivity contribution in [1.29, 1.82) is 0 Å². The number of carbonyl (C=O) groups excluding carboxylic acids is 1. The van der Waals surface area contributed by atoms with Crippen molar-refractivity contribution in [3.63, 3.8) is 0 Å². The highest BCUT2D eigenvalue weighted by Gasteiger charge is 2.37. The molecule has 1 aliphatic carbocycles. The second kappa shape index (κ2) is 5.68. The predicted molar refractivity (Wildman–Crippen MR) is 74.7 cm³/mol. The molecule has 104 valence electrons. The SMILES string of the molecule is O=C(Nc1cccc(F)c1I)C1CCC(F)(F)CC1. The minimum Gasteiger partial charge on any atom is -0.325 e. The Hall–Kier alpha value is -0.790. The fraction of sp³-hybridized carbons (Fsp3) is 0.462. The van der Waals surface area contributed by atoms with Gasteiger partial charge in [-0.1, -0.05) is 6.07 Å². The average Bonchev–Trinajstić information content (AvgIpc) is 2.35. The van der Waals surface area contributed by atoms with Gasteiger partial charge in [-0.2, -0.15) is 0 Å². The first kappa shape index (κ1) is 14.6. The van der Waals surface area contributed by atoms with Gasteiger partial charge in [-0.25, -0.2) is 13.2 Å². The van der Waals surface area contributed by atoms with Crippen LogP contribution in [-0.2, 0) is 4.79 Å². The second-order valence-corrected chi connectivity index (χ2v) is 5.80. The Balaban J connectivity index is 2.00. The van der Waals surface area contributed by atoms with Crippen LogP contribution in [0, 0.1) is 15.3 Å². The number of hydrogen-bond acceptors (Lipinski definition) is 1. The number of hydrogen-bond donors (Lipinski definition) is 1. The summed E-state index contributed by atoms with van der Waals surface area (Å²) in [5, 5.41) is 2.62. The van der Waals surface area contributed by atoms with Crippen LogP contribution in [0.2, 0.25) is 0 Å². The quantitative estimate of drug-likeness (QED) is 0.763. The third-order valence-corrected chi connectivity index (χ3v) is 4.39. The van der Waals surface area contributed by atoms with E-state index in [0.29, 0.717) is 9.26 Å². The third kappa shape index (κ3) is 3.61. The number of anilines is 1. The summed E-state index contributed by atoms with van der Waals surface area (Å²) in [4.78, 5) is 12.0. The molecular formula is C13H13F3INO. The molecule has 6 heteroatoms. The molecule has 1 fully saturated rings. The molecule has 0 saturated heterocycles. The number of halogens is 4. The number of amides is 1. The summed E-state index contributed by atoms with van der Waals surface area (Å²) in [7, 11) is 0. The van der Waals surface area contributed by atoms with Crippen LogP contribution in [-0.4, -0.2) is 11.8 Å². The smallest absolute Gasteiger partial charge is 0.248 e. The van der Waals surface area contributed by atoms with Gasteiger partial charge in [0.05, 0.1) is 9.26 Å². The Bertz CT molecular complexity index is 483. The number of rotatable bonds is 2. The molecule has 1 amide bonds. The lowest BCUT2D eigenvalue weighted by Gasteiger charge is -2.27. The molecule has 2 nitrogen and oxygen atoms in total. The zero-order valence-electron chi connectivity index (χ0n) is 10.1. The maximum atomic E-state index is 13.3. The highest BCUT2D eigenvalue weighted by Crippen LogP contribution is 2.36. The molecule has 1 saturated carbocycles. The van der Waals surface area contributed by atoms with Crippen molar-refractivity contribution >= 4 is 34.2 Å². The lowest BCUT2D eigenvalue weighted by Crippen LogP contribution is -2.32. The van der Waals surface area contributed by atoms with Gasteiger partial charge in [0.2, 0.25) is 11.8 Å². The first-order valence-electron chi connectivity index (χ1n) is 6.02. The lowest BCUT2D eigenvalue weighted by atomic mass is 9.86. The van der Waals surface area contributed by atoms with Gasteiger partial charge in [-0.15, -0.1) is 0 Å². The van der Waals surface area contributed by atoms with Gasteiger partial charge in [0.1, 0.15) is 5.82 Å². The minimum absolute atomic E-state index is 0.171. The normalized spacial score (nSPS) is 19.2. The molecule has 0 unspecified atom stereocenters. The molecule has 0 atom stereocenters. The largest absolute Gasteiger partial charge is 0.325 e. The van der Waals surface area contributed by atoms with Gasteiger partial charge in [-0.05, 0) is 47.6 Å². The third-order valence-electron chi connectivity index (χ3n) is 3.30. The molecule has 0 spiro atoms. The topological polar surface area (TPSA) is 29.1 Å².